The molecule has 47 heavy (non-hydrogen) atoms. The van der Waals surface area contributed by atoms with E-state index in [4.69, 9.17) is 31.5 Å². The summed E-state index contributed by atoms with van der Waals surface area (Å²) in [7, 11) is -1.32. The highest BCUT2D eigenvalue weighted by Gasteiger charge is 2.25. The molecule has 1 amide bonds. The van der Waals surface area contributed by atoms with Crippen LogP contribution < -0.4 is 10.5 Å². The number of ether oxygens (including phenoxy) is 3. The Morgan fingerprint density at radius 2 is 1.74 bits per heavy atom. The molecular weight excluding hydrogens is 634 g/mol. The molecule has 1 saturated heterocycles. The Morgan fingerprint density at radius 1 is 0.979 bits per heavy atom. The van der Waals surface area contributed by atoms with Crippen molar-refractivity contribution < 1.29 is 23.8 Å². The van der Waals surface area contributed by atoms with E-state index in [1.165, 1.54) is 10.9 Å². The van der Waals surface area contributed by atoms with Gasteiger partial charge in [0.1, 0.15) is 24.0 Å². The minimum absolute atomic E-state index is 0.0650. The Kier molecular flexibility index (Phi) is 9.51. The van der Waals surface area contributed by atoms with Crippen LogP contribution in [0.2, 0.25) is 30.7 Å². The summed E-state index contributed by atoms with van der Waals surface area (Å²) in [5.74, 6) is 0.996. The molecule has 3 aromatic carbocycles. The molecule has 0 unspecified atom stereocenters. The molecule has 0 aliphatic carbocycles. The van der Waals surface area contributed by atoms with E-state index in [1.54, 1.807) is 35.2 Å². The Bertz CT molecular complexity index is 1910. The number of morpholine rings is 1. The third-order valence-corrected chi connectivity index (χ3v) is 10.1. The average molecular weight is 672 g/mol. The summed E-state index contributed by atoms with van der Waals surface area (Å²) >= 11 is 6.65. The van der Waals surface area contributed by atoms with E-state index in [0.717, 1.165) is 16.9 Å². The number of carbonyl (C=O) groups excluding carboxylic acids is 2. The quantitative estimate of drug-likeness (QED) is 0.0926. The van der Waals surface area contributed by atoms with Crippen molar-refractivity contribution in [3.8, 4) is 17.2 Å². The summed E-state index contributed by atoms with van der Waals surface area (Å²) < 4.78 is 20.7. The molecule has 0 spiro atoms. The molecule has 0 saturated carbocycles. The Labute approximate surface area is 279 Å². The molecule has 1 fully saturated rings. The van der Waals surface area contributed by atoms with Crippen LogP contribution in [0.1, 0.15) is 26.4 Å². The smallest absolute Gasteiger partial charge is 0.254 e. The number of hydrogen-bond donors (Lipinski definition) is 1. The fraction of sp³-hybridized carbons (Fsp3) is 0.286. The fourth-order valence-electron chi connectivity index (χ4n) is 5.42. The number of ketones is 1. The molecule has 0 atom stereocenters. The lowest BCUT2D eigenvalue weighted by Crippen LogP contribution is -2.40. The van der Waals surface area contributed by atoms with E-state index < -0.39 is 8.07 Å². The summed E-state index contributed by atoms with van der Waals surface area (Å²) in [6.45, 7) is 9.76. The molecule has 244 valence electrons. The third kappa shape index (κ3) is 7.28. The van der Waals surface area contributed by atoms with Crippen LogP contribution in [0.5, 0.6) is 11.5 Å². The minimum Gasteiger partial charge on any atom is -0.457 e. The lowest BCUT2D eigenvalue weighted by molar-refractivity contribution is 0.0303. The Balaban J connectivity index is 1.30. The molecule has 3 heterocycles. The van der Waals surface area contributed by atoms with E-state index >= 15 is 0 Å². The maximum Gasteiger partial charge on any atom is 0.254 e. The van der Waals surface area contributed by atoms with Crippen LogP contribution in [0.25, 0.3) is 16.6 Å². The van der Waals surface area contributed by atoms with Crippen molar-refractivity contribution in [3.63, 3.8) is 0 Å². The molecule has 10 nitrogen and oxygen atoms in total. The van der Waals surface area contributed by atoms with Gasteiger partial charge in [-0.3, -0.25) is 9.59 Å². The number of para-hydroxylation sites is 1. The largest absolute Gasteiger partial charge is 0.457 e. The highest BCUT2D eigenvalue weighted by Crippen LogP contribution is 2.32. The second-order valence-electron chi connectivity index (χ2n) is 12.7. The van der Waals surface area contributed by atoms with Crippen molar-refractivity contribution in [2.75, 3.05) is 38.6 Å². The second kappa shape index (κ2) is 13.7. The molecule has 12 heteroatoms. The predicted molar refractivity (Wildman–Crippen MR) is 186 cm³/mol. The van der Waals surface area contributed by atoms with Crippen LogP contribution in [0, 0.1) is 0 Å². The van der Waals surface area contributed by atoms with E-state index in [1.807, 2.05) is 47.0 Å². The van der Waals surface area contributed by atoms with Crippen molar-refractivity contribution in [1.29, 1.82) is 0 Å². The number of amides is 1. The topological polar surface area (TPSA) is 114 Å². The van der Waals surface area contributed by atoms with Crippen LogP contribution in [0.15, 0.2) is 79.0 Å². The molecule has 5 aromatic rings. The van der Waals surface area contributed by atoms with Gasteiger partial charge in [-0.1, -0.05) is 49.4 Å². The number of nitrogens with two attached hydrogens (primary N) is 1. The summed E-state index contributed by atoms with van der Waals surface area (Å²) in [4.78, 5) is 29.2. The first kappa shape index (κ1) is 32.5. The van der Waals surface area contributed by atoms with Gasteiger partial charge in [0.05, 0.1) is 46.9 Å². The minimum atomic E-state index is -1.32. The molecular formula is C35H38ClN5O5Si. The van der Waals surface area contributed by atoms with Crippen LogP contribution >= 0.6 is 11.6 Å². The van der Waals surface area contributed by atoms with E-state index in [-0.39, 0.29) is 29.8 Å². The number of hydrogen-bond acceptors (Lipinski definition) is 7. The van der Waals surface area contributed by atoms with E-state index in [0.29, 0.717) is 66.4 Å². The summed E-state index contributed by atoms with van der Waals surface area (Å²) in [6.07, 6.45) is 1.45. The Hall–Kier alpha value is -4.42. The molecule has 0 radical (unpaired) electrons. The summed E-state index contributed by atoms with van der Waals surface area (Å²) in [5, 5.41) is 5.54. The van der Waals surface area contributed by atoms with Gasteiger partial charge in [0.25, 0.3) is 5.91 Å². The number of carbonyl (C=O) groups is 2. The van der Waals surface area contributed by atoms with Crippen molar-refractivity contribution in [3.05, 3.63) is 101 Å². The number of nitrogen functional groups attached to an aromatic ring is 1. The van der Waals surface area contributed by atoms with Crippen molar-refractivity contribution in [2.24, 2.45) is 0 Å². The van der Waals surface area contributed by atoms with Gasteiger partial charge in [0.2, 0.25) is 5.78 Å². The number of benzene rings is 3. The van der Waals surface area contributed by atoms with Crippen molar-refractivity contribution in [1.82, 2.24) is 19.2 Å². The highest BCUT2D eigenvalue weighted by molar-refractivity contribution is 6.76. The first-order valence-electron chi connectivity index (χ1n) is 15.6. The third-order valence-electron chi connectivity index (χ3n) is 8.07. The van der Waals surface area contributed by atoms with Crippen LogP contribution in [-0.4, -0.2) is 71.9 Å². The first-order valence-corrected chi connectivity index (χ1v) is 19.7. The van der Waals surface area contributed by atoms with Gasteiger partial charge in [-0.25, -0.2) is 4.68 Å². The molecule has 6 rings (SSSR count). The van der Waals surface area contributed by atoms with Crippen LogP contribution in [0.3, 0.4) is 0 Å². The second-order valence-corrected chi connectivity index (χ2v) is 18.7. The number of anilines is 1. The summed E-state index contributed by atoms with van der Waals surface area (Å²) in [5.41, 5.74) is 9.00. The zero-order valence-electron chi connectivity index (χ0n) is 26.7. The molecule has 2 aromatic heterocycles. The van der Waals surface area contributed by atoms with Crippen molar-refractivity contribution in [2.45, 2.75) is 32.4 Å². The predicted octanol–water partition coefficient (Wildman–Crippen LogP) is 6.87. The van der Waals surface area contributed by atoms with Crippen LogP contribution in [-0.2, 0) is 16.2 Å². The highest BCUT2D eigenvalue weighted by atomic mass is 35.5. The van der Waals surface area contributed by atoms with Gasteiger partial charge in [-0.15, -0.1) is 0 Å². The monoisotopic (exact) mass is 671 g/mol. The zero-order valence-corrected chi connectivity index (χ0v) is 28.5. The molecule has 1 aliphatic rings. The zero-order chi connectivity index (χ0) is 33.1. The van der Waals surface area contributed by atoms with Crippen molar-refractivity contribution >= 4 is 48.1 Å². The molecule has 0 bridgehead atoms. The average Bonchev–Trinajstić information content (AvgIpc) is 3.62. The van der Waals surface area contributed by atoms with Gasteiger partial charge in [-0.05, 0) is 54.6 Å². The number of nitrogens with zero attached hydrogens (tertiary/aromatic N) is 4. The summed E-state index contributed by atoms with van der Waals surface area (Å²) in [6, 6.07) is 22.8. The van der Waals surface area contributed by atoms with Gasteiger partial charge in [0, 0.05) is 44.8 Å². The number of fused-ring (bicyclic) bond motifs is 1. The molecule has 1 aliphatic heterocycles. The number of rotatable bonds is 11. The maximum atomic E-state index is 14.2. The molecule has 2 N–H and O–H groups in total. The van der Waals surface area contributed by atoms with Gasteiger partial charge < -0.3 is 29.4 Å². The lowest BCUT2D eigenvalue weighted by Gasteiger charge is -2.26. The number of aromatic nitrogens is 3. The van der Waals surface area contributed by atoms with Gasteiger partial charge in [-0.2, -0.15) is 5.10 Å². The first-order chi connectivity index (χ1) is 22.6. The number of halogens is 1. The normalized spacial score (nSPS) is 13.7. The van der Waals surface area contributed by atoms with Gasteiger partial charge >= 0.3 is 0 Å². The van der Waals surface area contributed by atoms with Gasteiger partial charge in [0.15, 0.2) is 0 Å². The van der Waals surface area contributed by atoms with Crippen LogP contribution in [0.4, 0.5) is 5.82 Å². The Morgan fingerprint density at radius 3 is 2.47 bits per heavy atom. The lowest BCUT2D eigenvalue weighted by atomic mass is 10.1. The maximum absolute atomic E-state index is 14.2. The SMILES string of the molecule is C[Si](C)(C)CCOCn1c(C(=O)c2cnn(-c3ccc(Oc4ccccc4)cc3Cl)c2N)cc2cc(C(=O)N3CCOCC3)ccc21. The van der Waals surface area contributed by atoms with E-state index in [9.17, 15) is 9.59 Å². The fourth-order valence-corrected chi connectivity index (χ4v) is 6.43. The van der Waals surface area contributed by atoms with E-state index in [2.05, 4.69) is 24.7 Å². The standard InChI is InChI=1S/C35H38ClN5O5Si/c1-47(2,3)18-17-45-23-40-30-11-9-24(35(43)39-13-15-44-16-14-39)19-25(30)20-32(40)33(42)28-22-38-41(34(28)37)31-12-10-27(21-29(31)36)46-26-7-5-4-6-8-26/h4-12,19-22H,13-18,23,37H2,1-3H3.